The lowest BCUT2D eigenvalue weighted by molar-refractivity contribution is 0.280. The van der Waals surface area contributed by atoms with Gasteiger partial charge in [0, 0.05) is 49.3 Å². The summed E-state index contributed by atoms with van der Waals surface area (Å²) < 4.78 is 0. The molecule has 0 radical (unpaired) electrons. The van der Waals surface area contributed by atoms with E-state index in [4.69, 9.17) is 23.2 Å². The number of likely N-dealkylation sites (N-methyl/N-ethyl adjacent to an activating group) is 1. The maximum Gasteiger partial charge on any atom is 0.191 e. The van der Waals surface area contributed by atoms with Gasteiger partial charge in [-0.1, -0.05) is 29.3 Å². The maximum atomic E-state index is 6.23. The van der Waals surface area contributed by atoms with Gasteiger partial charge in [0.15, 0.2) is 5.96 Å². The molecule has 27 heavy (non-hydrogen) atoms. The number of nitrogens with zero attached hydrogens (tertiary/aromatic N) is 3. The van der Waals surface area contributed by atoms with Crippen LogP contribution >= 0.6 is 23.2 Å². The molecule has 0 bridgehead atoms. The third-order valence-electron chi connectivity index (χ3n) is 4.77. The number of hydrogen-bond donors (Lipinski definition) is 2. The fourth-order valence-electron chi connectivity index (χ4n) is 3.18. The van der Waals surface area contributed by atoms with Gasteiger partial charge in [-0.2, -0.15) is 0 Å². The zero-order valence-electron chi connectivity index (χ0n) is 16.6. The van der Waals surface area contributed by atoms with Crippen molar-refractivity contribution in [2.45, 2.75) is 26.2 Å². The van der Waals surface area contributed by atoms with Crippen LogP contribution in [0.15, 0.2) is 23.2 Å². The average molecular weight is 414 g/mol. The van der Waals surface area contributed by atoms with E-state index in [9.17, 15) is 0 Å². The highest BCUT2D eigenvalue weighted by Crippen LogP contribution is 2.21. The first kappa shape index (κ1) is 22.3. The molecule has 0 unspecified atom stereocenters. The maximum absolute atomic E-state index is 6.23. The molecule has 1 heterocycles. The summed E-state index contributed by atoms with van der Waals surface area (Å²) in [7, 11) is 2.20. The molecule has 0 atom stereocenters. The van der Waals surface area contributed by atoms with E-state index in [1.165, 1.54) is 19.5 Å². The normalized spacial score (nSPS) is 17.0. The third kappa shape index (κ3) is 8.69. The van der Waals surface area contributed by atoms with Crippen LogP contribution in [0.2, 0.25) is 10.0 Å². The molecule has 1 aliphatic rings. The fraction of sp³-hybridized carbons (Fsp3) is 0.650. The van der Waals surface area contributed by atoms with E-state index in [-0.39, 0.29) is 0 Å². The van der Waals surface area contributed by atoms with Crippen LogP contribution in [0.3, 0.4) is 0 Å². The number of rotatable bonds is 8. The standard InChI is InChI=1S/C20H33Cl2N5/c1-3-23-20(25-10-13-27-12-5-11-26(2)14-15-27)24-9-4-6-17-7-8-18(21)16-19(17)22/h7-8,16H,3-6,9-15H2,1-2H3,(H2,23,24,25). The van der Waals surface area contributed by atoms with Gasteiger partial charge in [-0.05, 0) is 64.0 Å². The lowest BCUT2D eigenvalue weighted by Gasteiger charge is -2.21. The zero-order valence-corrected chi connectivity index (χ0v) is 18.1. The summed E-state index contributed by atoms with van der Waals surface area (Å²) in [5, 5.41) is 8.20. The Bertz CT molecular complexity index is 594. The number of aryl methyl sites for hydroxylation is 1. The second-order valence-electron chi connectivity index (χ2n) is 7.03. The molecule has 1 fully saturated rings. The monoisotopic (exact) mass is 413 g/mol. The summed E-state index contributed by atoms with van der Waals surface area (Å²) in [4.78, 5) is 9.63. The van der Waals surface area contributed by atoms with Crippen LogP contribution in [0.5, 0.6) is 0 Å². The summed E-state index contributed by atoms with van der Waals surface area (Å²) >= 11 is 12.2. The van der Waals surface area contributed by atoms with Crippen LogP contribution in [-0.2, 0) is 6.42 Å². The molecule has 1 aliphatic heterocycles. The number of aliphatic imine (C=N–C) groups is 1. The number of nitrogens with one attached hydrogen (secondary N) is 2. The summed E-state index contributed by atoms with van der Waals surface area (Å²) in [6, 6.07) is 5.68. The van der Waals surface area contributed by atoms with Crippen LogP contribution in [0, 0.1) is 0 Å². The largest absolute Gasteiger partial charge is 0.357 e. The Labute approximate surface area is 174 Å². The van der Waals surface area contributed by atoms with Crippen LogP contribution in [0.1, 0.15) is 25.3 Å². The molecular formula is C20H33Cl2N5. The van der Waals surface area contributed by atoms with Crippen molar-refractivity contribution < 1.29 is 0 Å². The molecule has 0 aliphatic carbocycles. The number of hydrogen-bond acceptors (Lipinski definition) is 3. The van der Waals surface area contributed by atoms with Crippen LogP contribution in [-0.4, -0.2) is 75.2 Å². The Balaban J connectivity index is 1.71. The minimum Gasteiger partial charge on any atom is -0.357 e. The number of guanidine groups is 1. The molecule has 2 rings (SSSR count). The minimum absolute atomic E-state index is 0.677. The van der Waals surface area contributed by atoms with Gasteiger partial charge in [-0.3, -0.25) is 4.99 Å². The summed E-state index contributed by atoms with van der Waals surface area (Å²) in [6.07, 6.45) is 3.11. The van der Waals surface area contributed by atoms with Crippen LogP contribution < -0.4 is 10.6 Å². The molecular weight excluding hydrogens is 381 g/mol. The first-order valence-corrected chi connectivity index (χ1v) is 10.7. The SMILES string of the molecule is CCNC(=NCCCc1ccc(Cl)cc1Cl)NCCN1CCCN(C)CC1. The molecule has 1 aromatic rings. The van der Waals surface area contributed by atoms with E-state index in [2.05, 4.69) is 39.4 Å². The van der Waals surface area contributed by atoms with Crippen molar-refractivity contribution in [2.75, 3.05) is 59.4 Å². The van der Waals surface area contributed by atoms with Crippen molar-refractivity contribution in [3.63, 3.8) is 0 Å². The van der Waals surface area contributed by atoms with Crippen molar-refractivity contribution in [3.8, 4) is 0 Å². The van der Waals surface area contributed by atoms with Crippen molar-refractivity contribution in [1.82, 2.24) is 20.4 Å². The first-order chi connectivity index (χ1) is 13.1. The van der Waals surface area contributed by atoms with Gasteiger partial charge < -0.3 is 20.4 Å². The topological polar surface area (TPSA) is 42.9 Å². The molecule has 2 N–H and O–H groups in total. The van der Waals surface area contributed by atoms with Crippen molar-refractivity contribution in [1.29, 1.82) is 0 Å². The molecule has 0 spiro atoms. The number of halogens is 2. The molecule has 1 aromatic carbocycles. The zero-order chi connectivity index (χ0) is 19.5. The minimum atomic E-state index is 0.677. The molecule has 0 aromatic heterocycles. The van der Waals surface area contributed by atoms with E-state index >= 15 is 0 Å². The van der Waals surface area contributed by atoms with Gasteiger partial charge in [0.05, 0.1) is 0 Å². The van der Waals surface area contributed by atoms with Gasteiger partial charge >= 0.3 is 0 Å². The van der Waals surface area contributed by atoms with E-state index in [0.717, 1.165) is 68.7 Å². The lowest BCUT2D eigenvalue weighted by atomic mass is 10.1. The van der Waals surface area contributed by atoms with E-state index < -0.39 is 0 Å². The average Bonchev–Trinajstić information content (AvgIpc) is 2.84. The Kier molecular flexibility index (Phi) is 10.3. The smallest absolute Gasteiger partial charge is 0.191 e. The Morgan fingerprint density at radius 3 is 2.78 bits per heavy atom. The predicted molar refractivity (Wildman–Crippen MR) is 117 cm³/mol. The molecule has 7 heteroatoms. The van der Waals surface area contributed by atoms with E-state index in [0.29, 0.717) is 5.02 Å². The van der Waals surface area contributed by atoms with Crippen LogP contribution in [0.4, 0.5) is 0 Å². The van der Waals surface area contributed by atoms with Crippen molar-refractivity contribution in [3.05, 3.63) is 33.8 Å². The van der Waals surface area contributed by atoms with Crippen molar-refractivity contribution >= 4 is 29.2 Å². The van der Waals surface area contributed by atoms with Gasteiger partial charge in [0.25, 0.3) is 0 Å². The quantitative estimate of drug-likeness (QED) is 0.390. The highest BCUT2D eigenvalue weighted by molar-refractivity contribution is 6.35. The van der Waals surface area contributed by atoms with E-state index in [1.54, 1.807) is 6.07 Å². The molecule has 0 amide bonds. The number of benzene rings is 1. The molecule has 152 valence electrons. The summed E-state index contributed by atoms with van der Waals surface area (Å²) in [6.45, 7) is 10.4. The van der Waals surface area contributed by atoms with Crippen LogP contribution in [0.25, 0.3) is 0 Å². The molecule has 1 saturated heterocycles. The molecule has 5 nitrogen and oxygen atoms in total. The fourth-order valence-corrected chi connectivity index (χ4v) is 3.69. The third-order valence-corrected chi connectivity index (χ3v) is 5.35. The van der Waals surface area contributed by atoms with E-state index in [1.807, 2.05) is 12.1 Å². The molecule has 0 saturated carbocycles. The van der Waals surface area contributed by atoms with Gasteiger partial charge in [0.2, 0.25) is 0 Å². The van der Waals surface area contributed by atoms with Gasteiger partial charge in [-0.25, -0.2) is 0 Å². The second kappa shape index (κ2) is 12.4. The highest BCUT2D eigenvalue weighted by atomic mass is 35.5. The predicted octanol–water partition coefficient (Wildman–Crippen LogP) is 3.12. The first-order valence-electron chi connectivity index (χ1n) is 9.95. The Hall–Kier alpha value is -1.01. The Morgan fingerprint density at radius 2 is 2.00 bits per heavy atom. The lowest BCUT2D eigenvalue weighted by Crippen LogP contribution is -2.42. The summed E-state index contributed by atoms with van der Waals surface area (Å²) in [5.74, 6) is 0.895. The summed E-state index contributed by atoms with van der Waals surface area (Å²) in [5.41, 5.74) is 1.13. The van der Waals surface area contributed by atoms with Gasteiger partial charge in [-0.15, -0.1) is 0 Å². The van der Waals surface area contributed by atoms with Gasteiger partial charge in [0.1, 0.15) is 0 Å². The Morgan fingerprint density at radius 1 is 1.15 bits per heavy atom. The van der Waals surface area contributed by atoms with Crippen molar-refractivity contribution in [2.24, 2.45) is 4.99 Å². The highest BCUT2D eigenvalue weighted by Gasteiger charge is 2.11. The second-order valence-corrected chi connectivity index (χ2v) is 7.87.